The Morgan fingerprint density at radius 3 is 2.94 bits per heavy atom. The lowest BCUT2D eigenvalue weighted by Gasteiger charge is -2.42. The van der Waals surface area contributed by atoms with Gasteiger partial charge in [0, 0.05) is 31.2 Å². The number of nitrogens with zero attached hydrogens (tertiary/aromatic N) is 1. The van der Waals surface area contributed by atoms with Crippen LogP contribution in [0.4, 0.5) is 0 Å². The Balaban J connectivity index is 1.30. The van der Waals surface area contributed by atoms with Gasteiger partial charge in [0.2, 0.25) is 0 Å². The quantitative estimate of drug-likeness (QED) is 0.726. The van der Waals surface area contributed by atoms with Crippen molar-refractivity contribution in [2.45, 2.75) is 50.2 Å². The van der Waals surface area contributed by atoms with Crippen molar-refractivity contribution < 1.29 is 0 Å². The zero-order valence-electron chi connectivity index (χ0n) is 9.94. The van der Waals surface area contributed by atoms with Crippen LogP contribution in [-0.2, 0) is 0 Å². The minimum absolute atomic E-state index is 0.792. The van der Waals surface area contributed by atoms with Crippen LogP contribution in [0.5, 0.6) is 0 Å². The van der Waals surface area contributed by atoms with E-state index in [1.807, 2.05) is 0 Å². The first kappa shape index (κ1) is 9.67. The minimum Gasteiger partial charge on any atom is -0.309 e. The second-order valence-electron chi connectivity index (χ2n) is 6.22. The molecule has 2 nitrogen and oxygen atoms in total. The van der Waals surface area contributed by atoms with Crippen molar-refractivity contribution in [1.29, 1.82) is 0 Å². The summed E-state index contributed by atoms with van der Waals surface area (Å²) in [7, 11) is 0. The molecule has 0 amide bonds. The largest absolute Gasteiger partial charge is 0.309 e. The van der Waals surface area contributed by atoms with Gasteiger partial charge in [-0.05, 0) is 43.9 Å². The molecule has 1 heterocycles. The Hall–Kier alpha value is -0.340. The van der Waals surface area contributed by atoms with Gasteiger partial charge in [0.15, 0.2) is 0 Å². The predicted molar refractivity (Wildman–Crippen MR) is 65.3 cm³/mol. The van der Waals surface area contributed by atoms with Gasteiger partial charge < -0.3 is 5.32 Å². The van der Waals surface area contributed by atoms with E-state index >= 15 is 0 Å². The molecule has 3 aliphatic carbocycles. The Morgan fingerprint density at radius 1 is 1.19 bits per heavy atom. The normalized spacial score (nSPS) is 47.0. The third-order valence-electron chi connectivity index (χ3n) is 5.10. The first-order valence-electron chi connectivity index (χ1n) is 7.07. The van der Waals surface area contributed by atoms with Gasteiger partial charge in [-0.3, -0.25) is 4.90 Å². The lowest BCUT2D eigenvalue weighted by atomic mass is 9.71. The molecule has 0 radical (unpaired) electrons. The van der Waals surface area contributed by atoms with Crippen LogP contribution in [0.15, 0.2) is 12.2 Å². The fraction of sp³-hybridized carbons (Fsp3) is 0.857. The van der Waals surface area contributed by atoms with Crippen molar-refractivity contribution in [3.8, 4) is 0 Å². The SMILES string of the molecule is C1=CC2C(C1)CC2NC1CCN(C2CC2)C1. The Labute approximate surface area is 98.1 Å². The number of hydrogen-bond donors (Lipinski definition) is 1. The number of fused-ring (bicyclic) bond motifs is 1. The summed E-state index contributed by atoms with van der Waals surface area (Å²) in [5.41, 5.74) is 0. The number of allylic oxidation sites excluding steroid dienone is 1. The fourth-order valence-electron chi connectivity index (χ4n) is 3.90. The lowest BCUT2D eigenvalue weighted by molar-refractivity contribution is 0.149. The second kappa shape index (κ2) is 3.58. The van der Waals surface area contributed by atoms with E-state index in [2.05, 4.69) is 22.4 Å². The molecule has 4 unspecified atom stereocenters. The van der Waals surface area contributed by atoms with Crippen LogP contribution in [0.3, 0.4) is 0 Å². The van der Waals surface area contributed by atoms with Gasteiger partial charge >= 0.3 is 0 Å². The van der Waals surface area contributed by atoms with E-state index in [-0.39, 0.29) is 0 Å². The number of rotatable bonds is 3. The Bertz CT molecular complexity index is 308. The molecule has 4 aliphatic rings. The molecule has 1 aliphatic heterocycles. The third kappa shape index (κ3) is 1.54. The van der Waals surface area contributed by atoms with Crippen LogP contribution in [0.25, 0.3) is 0 Å². The molecule has 4 rings (SSSR count). The first-order chi connectivity index (χ1) is 7.90. The van der Waals surface area contributed by atoms with Crippen molar-refractivity contribution in [2.75, 3.05) is 13.1 Å². The Morgan fingerprint density at radius 2 is 2.12 bits per heavy atom. The molecule has 16 heavy (non-hydrogen) atoms. The van der Waals surface area contributed by atoms with E-state index in [0.29, 0.717) is 0 Å². The van der Waals surface area contributed by atoms with Crippen molar-refractivity contribution in [3.63, 3.8) is 0 Å². The number of hydrogen-bond acceptors (Lipinski definition) is 2. The van der Waals surface area contributed by atoms with Crippen LogP contribution in [-0.4, -0.2) is 36.1 Å². The monoisotopic (exact) mass is 218 g/mol. The topological polar surface area (TPSA) is 15.3 Å². The van der Waals surface area contributed by atoms with Gasteiger partial charge in [-0.1, -0.05) is 12.2 Å². The zero-order valence-corrected chi connectivity index (χ0v) is 9.94. The van der Waals surface area contributed by atoms with Crippen LogP contribution in [0.1, 0.15) is 32.1 Å². The maximum Gasteiger partial charge on any atom is 0.0210 e. The highest BCUT2D eigenvalue weighted by molar-refractivity contribution is 5.13. The van der Waals surface area contributed by atoms with Gasteiger partial charge in [0.05, 0.1) is 0 Å². The van der Waals surface area contributed by atoms with Crippen LogP contribution >= 0.6 is 0 Å². The second-order valence-corrected chi connectivity index (χ2v) is 6.22. The summed E-state index contributed by atoms with van der Waals surface area (Å²) in [6.45, 7) is 2.67. The van der Waals surface area contributed by atoms with E-state index in [1.165, 1.54) is 45.2 Å². The molecule has 2 heteroatoms. The third-order valence-corrected chi connectivity index (χ3v) is 5.10. The lowest BCUT2D eigenvalue weighted by Crippen LogP contribution is -2.52. The average Bonchev–Trinajstić information content (AvgIpc) is 2.90. The molecule has 0 spiro atoms. The van der Waals surface area contributed by atoms with Gasteiger partial charge in [0.25, 0.3) is 0 Å². The molecular formula is C14H22N2. The summed E-state index contributed by atoms with van der Waals surface area (Å²) in [5, 5.41) is 3.91. The summed E-state index contributed by atoms with van der Waals surface area (Å²) in [4.78, 5) is 2.71. The molecular weight excluding hydrogens is 196 g/mol. The average molecular weight is 218 g/mol. The minimum atomic E-state index is 0.792. The van der Waals surface area contributed by atoms with Gasteiger partial charge in [0.1, 0.15) is 0 Å². The van der Waals surface area contributed by atoms with E-state index in [0.717, 1.165) is 30.0 Å². The van der Waals surface area contributed by atoms with Crippen LogP contribution in [0, 0.1) is 11.8 Å². The van der Waals surface area contributed by atoms with Gasteiger partial charge in [-0.15, -0.1) is 0 Å². The van der Waals surface area contributed by atoms with E-state index < -0.39 is 0 Å². The molecule has 2 saturated carbocycles. The van der Waals surface area contributed by atoms with Gasteiger partial charge in [-0.2, -0.15) is 0 Å². The van der Waals surface area contributed by atoms with Crippen molar-refractivity contribution in [2.24, 2.45) is 11.8 Å². The summed E-state index contributed by atoms with van der Waals surface area (Å²) in [5.74, 6) is 1.88. The molecule has 3 fully saturated rings. The highest BCUT2D eigenvalue weighted by Crippen LogP contribution is 2.43. The molecule has 4 atom stereocenters. The standard InChI is InChI=1S/C14H22N2/c1-2-10-8-14(13(10)3-1)15-11-6-7-16(9-11)12-4-5-12/h1,3,10-15H,2,4-9H2. The highest BCUT2D eigenvalue weighted by Gasteiger charge is 2.43. The van der Waals surface area contributed by atoms with Crippen molar-refractivity contribution in [1.82, 2.24) is 10.2 Å². The molecule has 0 bridgehead atoms. The molecule has 0 aromatic carbocycles. The molecule has 1 saturated heterocycles. The zero-order chi connectivity index (χ0) is 10.5. The smallest absolute Gasteiger partial charge is 0.0210 e. The van der Waals surface area contributed by atoms with Crippen LogP contribution < -0.4 is 5.32 Å². The summed E-state index contributed by atoms with van der Waals surface area (Å²) in [6.07, 6.45) is 11.9. The molecule has 88 valence electrons. The van der Waals surface area contributed by atoms with Crippen molar-refractivity contribution in [3.05, 3.63) is 12.2 Å². The molecule has 0 aromatic rings. The van der Waals surface area contributed by atoms with E-state index in [9.17, 15) is 0 Å². The highest BCUT2D eigenvalue weighted by atomic mass is 15.2. The summed E-state index contributed by atoms with van der Waals surface area (Å²) >= 11 is 0. The fourth-order valence-corrected chi connectivity index (χ4v) is 3.90. The first-order valence-corrected chi connectivity index (χ1v) is 7.07. The number of likely N-dealkylation sites (tertiary alicyclic amines) is 1. The van der Waals surface area contributed by atoms with Gasteiger partial charge in [-0.25, -0.2) is 0 Å². The summed E-state index contributed by atoms with van der Waals surface area (Å²) < 4.78 is 0. The predicted octanol–water partition coefficient (Wildman–Crippen LogP) is 1.78. The maximum atomic E-state index is 3.91. The Kier molecular flexibility index (Phi) is 2.16. The van der Waals surface area contributed by atoms with Crippen LogP contribution in [0.2, 0.25) is 0 Å². The molecule has 1 N–H and O–H groups in total. The number of nitrogens with one attached hydrogen (secondary N) is 1. The summed E-state index contributed by atoms with van der Waals surface area (Å²) in [6, 6.07) is 2.57. The maximum absolute atomic E-state index is 3.91. The van der Waals surface area contributed by atoms with Crippen molar-refractivity contribution >= 4 is 0 Å². The van der Waals surface area contributed by atoms with E-state index in [1.54, 1.807) is 0 Å². The molecule has 0 aromatic heterocycles. The van der Waals surface area contributed by atoms with E-state index in [4.69, 9.17) is 0 Å².